The summed E-state index contributed by atoms with van der Waals surface area (Å²) >= 11 is 1.55. The number of fused-ring (bicyclic) bond motifs is 1. The molecule has 0 aliphatic rings. The zero-order valence-corrected chi connectivity index (χ0v) is 10.8. The van der Waals surface area contributed by atoms with Gasteiger partial charge in [-0.15, -0.1) is 0 Å². The van der Waals surface area contributed by atoms with Gasteiger partial charge in [0.1, 0.15) is 6.61 Å². The van der Waals surface area contributed by atoms with Crippen LogP contribution in [-0.2, 0) is 4.74 Å². The van der Waals surface area contributed by atoms with Crippen LogP contribution in [0.25, 0.3) is 10.2 Å². The van der Waals surface area contributed by atoms with Gasteiger partial charge in [0.25, 0.3) is 6.43 Å². The van der Waals surface area contributed by atoms with Crippen LogP contribution in [0.2, 0.25) is 0 Å². The molecule has 0 unspecified atom stereocenters. The summed E-state index contributed by atoms with van der Waals surface area (Å²) < 4.78 is 29.5. The van der Waals surface area contributed by atoms with Gasteiger partial charge in [-0.2, -0.15) is 0 Å². The maximum absolute atomic E-state index is 11.8. The molecular formula is C12H14F2N2OS. The highest BCUT2D eigenvalue weighted by Gasteiger charge is 2.04. The Labute approximate surface area is 108 Å². The summed E-state index contributed by atoms with van der Waals surface area (Å²) in [4.78, 5) is 4.39. The predicted molar refractivity (Wildman–Crippen MR) is 69.7 cm³/mol. The van der Waals surface area contributed by atoms with Crippen molar-refractivity contribution in [3.05, 3.63) is 23.8 Å². The number of aryl methyl sites for hydroxylation is 1. The topological polar surface area (TPSA) is 34.2 Å². The Morgan fingerprint density at radius 1 is 1.44 bits per heavy atom. The number of halogens is 2. The number of aromatic nitrogens is 1. The molecule has 0 aliphatic carbocycles. The van der Waals surface area contributed by atoms with E-state index in [1.165, 1.54) is 5.56 Å². The molecule has 0 spiro atoms. The molecule has 0 radical (unpaired) electrons. The molecule has 3 nitrogen and oxygen atoms in total. The fourth-order valence-corrected chi connectivity index (χ4v) is 2.50. The molecule has 0 atom stereocenters. The van der Waals surface area contributed by atoms with Gasteiger partial charge in [-0.25, -0.2) is 13.8 Å². The quantitative estimate of drug-likeness (QED) is 0.819. The molecule has 6 heteroatoms. The summed E-state index contributed by atoms with van der Waals surface area (Å²) in [7, 11) is 0. The molecule has 1 N–H and O–H groups in total. The summed E-state index contributed by atoms with van der Waals surface area (Å²) in [5.74, 6) is 0. The minimum Gasteiger partial charge on any atom is -0.374 e. The van der Waals surface area contributed by atoms with E-state index in [2.05, 4.69) is 16.4 Å². The number of ether oxygens (including phenoxy) is 1. The van der Waals surface area contributed by atoms with E-state index >= 15 is 0 Å². The van der Waals surface area contributed by atoms with Crippen molar-refractivity contribution in [1.29, 1.82) is 0 Å². The van der Waals surface area contributed by atoms with Gasteiger partial charge in [0, 0.05) is 6.54 Å². The molecule has 0 bridgehead atoms. The number of anilines is 1. The van der Waals surface area contributed by atoms with Crippen LogP contribution in [0.15, 0.2) is 18.2 Å². The lowest BCUT2D eigenvalue weighted by Gasteiger charge is -2.03. The van der Waals surface area contributed by atoms with Crippen molar-refractivity contribution in [2.45, 2.75) is 13.3 Å². The number of nitrogens with zero attached hydrogens (tertiary/aromatic N) is 1. The van der Waals surface area contributed by atoms with E-state index in [0.717, 1.165) is 15.3 Å². The van der Waals surface area contributed by atoms with Crippen molar-refractivity contribution >= 4 is 26.7 Å². The van der Waals surface area contributed by atoms with Crippen LogP contribution < -0.4 is 5.32 Å². The predicted octanol–water partition coefficient (Wildman–Crippen LogP) is 3.30. The lowest BCUT2D eigenvalue weighted by atomic mass is 10.2. The maximum Gasteiger partial charge on any atom is 0.261 e. The van der Waals surface area contributed by atoms with Gasteiger partial charge in [-0.1, -0.05) is 17.4 Å². The first-order valence-corrected chi connectivity index (χ1v) is 6.44. The Hall–Kier alpha value is -1.27. The third-order valence-electron chi connectivity index (χ3n) is 2.31. The normalized spacial score (nSPS) is 11.3. The molecule has 0 saturated heterocycles. The second-order valence-corrected chi connectivity index (χ2v) is 4.91. The fourth-order valence-electron chi connectivity index (χ4n) is 1.51. The summed E-state index contributed by atoms with van der Waals surface area (Å²) in [6.45, 7) is 2.25. The molecular weight excluding hydrogens is 258 g/mol. The molecule has 98 valence electrons. The number of alkyl halides is 2. The highest BCUT2D eigenvalue weighted by molar-refractivity contribution is 7.22. The fraction of sp³-hybridized carbons (Fsp3) is 0.417. The Kier molecular flexibility index (Phi) is 4.43. The van der Waals surface area contributed by atoms with Crippen molar-refractivity contribution in [3.8, 4) is 0 Å². The van der Waals surface area contributed by atoms with Crippen LogP contribution in [0, 0.1) is 6.92 Å². The van der Waals surface area contributed by atoms with Crippen molar-refractivity contribution in [2.75, 3.05) is 25.1 Å². The maximum atomic E-state index is 11.8. The first-order valence-electron chi connectivity index (χ1n) is 5.62. The zero-order chi connectivity index (χ0) is 13.0. The van der Waals surface area contributed by atoms with Gasteiger partial charge in [-0.05, 0) is 24.6 Å². The molecule has 1 aromatic heterocycles. The Morgan fingerprint density at radius 2 is 2.28 bits per heavy atom. The minimum absolute atomic E-state index is 0.249. The molecule has 18 heavy (non-hydrogen) atoms. The lowest BCUT2D eigenvalue weighted by Crippen LogP contribution is -2.12. The monoisotopic (exact) mass is 272 g/mol. The Morgan fingerprint density at radius 3 is 3.06 bits per heavy atom. The number of benzene rings is 1. The van der Waals surface area contributed by atoms with Gasteiger partial charge >= 0.3 is 0 Å². The van der Waals surface area contributed by atoms with Gasteiger partial charge in [-0.3, -0.25) is 0 Å². The van der Waals surface area contributed by atoms with Crippen LogP contribution in [0.5, 0.6) is 0 Å². The zero-order valence-electron chi connectivity index (χ0n) is 9.95. The lowest BCUT2D eigenvalue weighted by molar-refractivity contribution is 0.0215. The second kappa shape index (κ2) is 6.06. The van der Waals surface area contributed by atoms with Crippen LogP contribution in [0.4, 0.5) is 13.9 Å². The van der Waals surface area contributed by atoms with Gasteiger partial charge in [0.15, 0.2) is 5.13 Å². The van der Waals surface area contributed by atoms with Gasteiger partial charge < -0.3 is 10.1 Å². The smallest absolute Gasteiger partial charge is 0.261 e. The number of rotatable bonds is 6. The summed E-state index contributed by atoms with van der Waals surface area (Å²) in [5, 5.41) is 3.85. The average Bonchev–Trinajstić information content (AvgIpc) is 2.70. The van der Waals surface area contributed by atoms with E-state index in [1.807, 2.05) is 19.1 Å². The van der Waals surface area contributed by atoms with Crippen LogP contribution in [-0.4, -0.2) is 31.2 Å². The van der Waals surface area contributed by atoms with Crippen molar-refractivity contribution in [3.63, 3.8) is 0 Å². The summed E-state index contributed by atoms with van der Waals surface area (Å²) in [6, 6.07) is 6.06. The van der Waals surface area contributed by atoms with E-state index in [1.54, 1.807) is 11.3 Å². The van der Waals surface area contributed by atoms with Crippen molar-refractivity contribution in [2.24, 2.45) is 0 Å². The molecule has 1 heterocycles. The molecule has 0 fully saturated rings. The molecule has 2 rings (SSSR count). The molecule has 0 aliphatic heterocycles. The first kappa shape index (κ1) is 13.2. The SMILES string of the molecule is Cc1ccc2nc(NCCOCC(F)F)sc2c1. The highest BCUT2D eigenvalue weighted by atomic mass is 32.1. The largest absolute Gasteiger partial charge is 0.374 e. The third-order valence-corrected chi connectivity index (χ3v) is 3.29. The molecule has 0 saturated carbocycles. The molecule has 1 aromatic carbocycles. The number of nitrogens with one attached hydrogen (secondary N) is 1. The van der Waals surface area contributed by atoms with E-state index in [9.17, 15) is 8.78 Å². The van der Waals surface area contributed by atoms with Crippen LogP contribution in [0.1, 0.15) is 5.56 Å². The van der Waals surface area contributed by atoms with Crippen LogP contribution >= 0.6 is 11.3 Å². The van der Waals surface area contributed by atoms with Crippen LogP contribution in [0.3, 0.4) is 0 Å². The second-order valence-electron chi connectivity index (χ2n) is 3.88. The molecule has 2 aromatic rings. The van der Waals surface area contributed by atoms with E-state index < -0.39 is 13.0 Å². The Balaban J connectivity index is 1.84. The standard InChI is InChI=1S/C12H14F2N2OS/c1-8-2-3-9-10(6-8)18-12(16-9)15-4-5-17-7-11(13)14/h2-3,6,11H,4-5,7H2,1H3,(H,15,16). The van der Waals surface area contributed by atoms with Gasteiger partial charge in [0.05, 0.1) is 16.8 Å². The van der Waals surface area contributed by atoms with E-state index in [4.69, 9.17) is 4.74 Å². The molecule has 0 amide bonds. The third kappa shape index (κ3) is 3.61. The van der Waals surface area contributed by atoms with Crippen molar-refractivity contribution < 1.29 is 13.5 Å². The number of hydrogen-bond donors (Lipinski definition) is 1. The van der Waals surface area contributed by atoms with Gasteiger partial charge in [0.2, 0.25) is 0 Å². The minimum atomic E-state index is -2.41. The van der Waals surface area contributed by atoms with E-state index in [-0.39, 0.29) is 6.61 Å². The average molecular weight is 272 g/mol. The Bertz CT molecular complexity index is 516. The highest BCUT2D eigenvalue weighted by Crippen LogP contribution is 2.26. The number of hydrogen-bond acceptors (Lipinski definition) is 4. The summed E-state index contributed by atoms with van der Waals surface area (Å²) in [6.07, 6.45) is -2.41. The first-order chi connectivity index (χ1) is 8.65. The van der Waals surface area contributed by atoms with E-state index in [0.29, 0.717) is 6.54 Å². The number of thiazole rings is 1. The van der Waals surface area contributed by atoms with Crippen molar-refractivity contribution in [1.82, 2.24) is 4.98 Å². The summed E-state index contributed by atoms with van der Waals surface area (Å²) in [5.41, 5.74) is 2.14.